The second kappa shape index (κ2) is 9.98. The van der Waals surface area contributed by atoms with Crippen LogP contribution in [0.25, 0.3) is 0 Å². The summed E-state index contributed by atoms with van der Waals surface area (Å²) in [7, 11) is 6.03. The van der Waals surface area contributed by atoms with Crippen LogP contribution in [0.15, 0.2) is 6.07 Å². The van der Waals surface area contributed by atoms with Gasteiger partial charge in [-0.2, -0.15) is 0 Å². The van der Waals surface area contributed by atoms with E-state index in [9.17, 15) is 4.79 Å². The van der Waals surface area contributed by atoms with E-state index in [4.69, 9.17) is 18.9 Å². The Balaban J connectivity index is 3.18. The number of methoxy groups -OCH3 is 4. The van der Waals surface area contributed by atoms with Crippen molar-refractivity contribution in [3.63, 3.8) is 0 Å². The van der Waals surface area contributed by atoms with E-state index in [1.54, 1.807) is 20.3 Å². The van der Waals surface area contributed by atoms with Crippen LogP contribution in [0.1, 0.15) is 54.9 Å². The summed E-state index contributed by atoms with van der Waals surface area (Å²) in [6.45, 7) is 2.19. The normalized spacial score (nSPS) is 10.3. The Kier molecular flexibility index (Phi) is 8.30. The van der Waals surface area contributed by atoms with Gasteiger partial charge in [0.25, 0.3) is 0 Å². The maximum Gasteiger partial charge on any atom is 0.338 e. The van der Waals surface area contributed by atoms with Crippen molar-refractivity contribution in [2.24, 2.45) is 0 Å². The van der Waals surface area contributed by atoms with Gasteiger partial charge in [-0.25, -0.2) is 4.79 Å². The highest BCUT2D eigenvalue weighted by Crippen LogP contribution is 2.42. The molecule has 5 nitrogen and oxygen atoms in total. The molecule has 0 aliphatic carbocycles. The summed E-state index contributed by atoms with van der Waals surface area (Å²) in [5, 5.41) is 0. The first-order valence-corrected chi connectivity index (χ1v) is 8.04. The Morgan fingerprint density at radius 1 is 0.913 bits per heavy atom. The number of hydrogen-bond acceptors (Lipinski definition) is 5. The zero-order chi connectivity index (χ0) is 17.2. The first-order valence-electron chi connectivity index (χ1n) is 8.04. The zero-order valence-electron chi connectivity index (χ0n) is 14.9. The van der Waals surface area contributed by atoms with E-state index in [1.165, 1.54) is 33.5 Å². The predicted octanol–water partition coefficient (Wildman–Crippen LogP) is 4.01. The van der Waals surface area contributed by atoms with Gasteiger partial charge in [0.1, 0.15) is 0 Å². The van der Waals surface area contributed by atoms with Crippen molar-refractivity contribution < 1.29 is 23.7 Å². The number of unbranched alkanes of at least 4 members (excludes halogenated alkanes) is 4. The minimum absolute atomic E-state index is 0.396. The molecule has 0 fully saturated rings. The van der Waals surface area contributed by atoms with Gasteiger partial charge >= 0.3 is 5.97 Å². The molecule has 0 unspecified atom stereocenters. The Labute approximate surface area is 138 Å². The molecule has 0 saturated heterocycles. The third-order valence-corrected chi connectivity index (χ3v) is 3.87. The smallest absolute Gasteiger partial charge is 0.338 e. The Morgan fingerprint density at radius 2 is 1.57 bits per heavy atom. The van der Waals surface area contributed by atoms with Gasteiger partial charge in [0.15, 0.2) is 11.5 Å². The molecule has 0 heterocycles. The van der Waals surface area contributed by atoms with Crippen LogP contribution in [0.5, 0.6) is 17.2 Å². The standard InChI is InChI=1S/C18H28O5/c1-6-7-8-9-10-11-13-14(18(19)23-5)12-15(20-2)17(22-4)16(13)21-3/h12H,6-11H2,1-5H3. The lowest BCUT2D eigenvalue weighted by Crippen LogP contribution is -2.10. The van der Waals surface area contributed by atoms with Crippen molar-refractivity contribution in [2.45, 2.75) is 45.4 Å². The number of ether oxygens (including phenoxy) is 4. The summed E-state index contributed by atoms with van der Waals surface area (Å²) >= 11 is 0. The topological polar surface area (TPSA) is 54.0 Å². The van der Waals surface area contributed by atoms with E-state index in [-0.39, 0.29) is 0 Å². The van der Waals surface area contributed by atoms with E-state index < -0.39 is 5.97 Å². The molecule has 0 aliphatic heterocycles. The van der Waals surface area contributed by atoms with Gasteiger partial charge in [-0.1, -0.05) is 32.6 Å². The molecule has 23 heavy (non-hydrogen) atoms. The fraction of sp³-hybridized carbons (Fsp3) is 0.611. The fourth-order valence-electron chi connectivity index (χ4n) is 2.66. The van der Waals surface area contributed by atoms with Crippen LogP contribution in [0.4, 0.5) is 0 Å². The van der Waals surface area contributed by atoms with E-state index in [0.29, 0.717) is 22.8 Å². The molecule has 130 valence electrons. The van der Waals surface area contributed by atoms with Gasteiger partial charge < -0.3 is 18.9 Å². The molecule has 0 atom stereocenters. The third-order valence-electron chi connectivity index (χ3n) is 3.87. The molecule has 0 N–H and O–H groups in total. The van der Waals surface area contributed by atoms with Crippen LogP contribution in [-0.2, 0) is 11.2 Å². The molecular weight excluding hydrogens is 296 g/mol. The number of carbonyl (C=O) groups excluding carboxylic acids is 1. The number of rotatable bonds is 10. The largest absolute Gasteiger partial charge is 0.493 e. The fourth-order valence-corrected chi connectivity index (χ4v) is 2.66. The van der Waals surface area contributed by atoms with Gasteiger partial charge in [-0.3, -0.25) is 0 Å². The predicted molar refractivity (Wildman–Crippen MR) is 89.9 cm³/mol. The van der Waals surface area contributed by atoms with Crippen molar-refractivity contribution in [1.29, 1.82) is 0 Å². The van der Waals surface area contributed by atoms with Gasteiger partial charge in [-0.05, 0) is 18.9 Å². The van der Waals surface area contributed by atoms with Crippen molar-refractivity contribution in [1.82, 2.24) is 0 Å². The molecule has 0 bridgehead atoms. The molecular formula is C18H28O5. The summed E-state index contributed by atoms with van der Waals surface area (Å²) in [5.74, 6) is 1.11. The number of hydrogen-bond donors (Lipinski definition) is 0. The molecule has 0 spiro atoms. The van der Waals surface area contributed by atoms with Crippen molar-refractivity contribution in [2.75, 3.05) is 28.4 Å². The molecule has 1 aromatic rings. The first-order chi connectivity index (χ1) is 11.1. The maximum atomic E-state index is 12.1. The third kappa shape index (κ3) is 4.78. The molecule has 0 saturated carbocycles. The van der Waals surface area contributed by atoms with Crippen LogP contribution in [0.3, 0.4) is 0 Å². The Hall–Kier alpha value is -1.91. The molecule has 0 aliphatic rings. The summed E-state index contributed by atoms with van der Waals surface area (Å²) < 4.78 is 21.1. The van der Waals surface area contributed by atoms with Gasteiger partial charge in [0, 0.05) is 5.56 Å². The van der Waals surface area contributed by atoms with Crippen LogP contribution in [0.2, 0.25) is 0 Å². The molecule has 0 aromatic heterocycles. The molecule has 1 rings (SSSR count). The van der Waals surface area contributed by atoms with E-state index in [0.717, 1.165) is 24.8 Å². The van der Waals surface area contributed by atoms with E-state index in [1.807, 2.05) is 0 Å². The summed E-state index contributed by atoms with van der Waals surface area (Å²) in [6.07, 6.45) is 6.46. The highest BCUT2D eigenvalue weighted by atomic mass is 16.5. The summed E-state index contributed by atoms with van der Waals surface area (Å²) in [5.41, 5.74) is 1.28. The Morgan fingerprint density at radius 3 is 2.09 bits per heavy atom. The molecule has 0 radical (unpaired) electrons. The van der Waals surface area contributed by atoms with E-state index >= 15 is 0 Å². The number of carbonyl (C=O) groups is 1. The van der Waals surface area contributed by atoms with Crippen molar-refractivity contribution >= 4 is 5.97 Å². The monoisotopic (exact) mass is 324 g/mol. The van der Waals surface area contributed by atoms with Crippen molar-refractivity contribution in [3.05, 3.63) is 17.2 Å². The van der Waals surface area contributed by atoms with Gasteiger partial charge in [0.05, 0.1) is 34.0 Å². The molecule has 5 heteroatoms. The highest BCUT2D eigenvalue weighted by Gasteiger charge is 2.24. The summed E-state index contributed by atoms with van der Waals surface area (Å²) in [4.78, 5) is 12.1. The summed E-state index contributed by atoms with van der Waals surface area (Å²) in [6, 6.07) is 1.66. The zero-order valence-corrected chi connectivity index (χ0v) is 14.9. The second-order valence-electron chi connectivity index (χ2n) is 5.33. The van der Waals surface area contributed by atoms with Gasteiger partial charge in [0.2, 0.25) is 5.75 Å². The molecule has 0 amide bonds. The number of esters is 1. The maximum absolute atomic E-state index is 12.1. The lowest BCUT2D eigenvalue weighted by atomic mass is 9.98. The minimum Gasteiger partial charge on any atom is -0.493 e. The average Bonchev–Trinajstić information content (AvgIpc) is 2.59. The SMILES string of the molecule is CCCCCCCc1c(C(=O)OC)cc(OC)c(OC)c1OC. The average molecular weight is 324 g/mol. The van der Waals surface area contributed by atoms with Crippen LogP contribution >= 0.6 is 0 Å². The molecule has 1 aromatic carbocycles. The van der Waals surface area contributed by atoms with Crippen LogP contribution < -0.4 is 14.2 Å². The van der Waals surface area contributed by atoms with Crippen LogP contribution in [-0.4, -0.2) is 34.4 Å². The lowest BCUT2D eigenvalue weighted by Gasteiger charge is -2.18. The Bertz CT molecular complexity index is 511. The number of benzene rings is 1. The van der Waals surface area contributed by atoms with E-state index in [2.05, 4.69) is 6.92 Å². The van der Waals surface area contributed by atoms with Crippen LogP contribution in [0, 0.1) is 0 Å². The van der Waals surface area contributed by atoms with Gasteiger partial charge in [-0.15, -0.1) is 0 Å². The highest BCUT2D eigenvalue weighted by molar-refractivity contribution is 5.93. The second-order valence-corrected chi connectivity index (χ2v) is 5.33. The van der Waals surface area contributed by atoms with Crippen molar-refractivity contribution in [3.8, 4) is 17.2 Å². The minimum atomic E-state index is -0.396. The lowest BCUT2D eigenvalue weighted by molar-refractivity contribution is 0.0598. The first kappa shape index (κ1) is 19.1. The quantitative estimate of drug-likeness (QED) is 0.481.